The van der Waals surface area contributed by atoms with Gasteiger partial charge in [-0.25, -0.2) is 8.42 Å². The third-order valence-electron chi connectivity index (χ3n) is 2.48. The highest BCUT2D eigenvalue weighted by molar-refractivity contribution is 7.89. The van der Waals surface area contributed by atoms with Crippen molar-refractivity contribution < 1.29 is 8.42 Å². The van der Waals surface area contributed by atoms with Crippen molar-refractivity contribution in [3.05, 3.63) is 11.8 Å². The molecule has 0 saturated heterocycles. The van der Waals surface area contributed by atoms with E-state index >= 15 is 0 Å². The van der Waals surface area contributed by atoms with E-state index in [2.05, 4.69) is 10.2 Å². The van der Waals surface area contributed by atoms with Crippen LogP contribution in [0, 0.1) is 0 Å². The largest absolute Gasteiger partial charge is 0.326 e. The Morgan fingerprint density at radius 2 is 2.18 bits per heavy atom. The molecule has 1 aromatic rings. The first kappa shape index (κ1) is 14.1. The molecule has 0 aromatic carbocycles. The topological polar surface area (TPSA) is 92.1 Å². The van der Waals surface area contributed by atoms with Gasteiger partial charge in [0.1, 0.15) is 0 Å². The van der Waals surface area contributed by atoms with Gasteiger partial charge in [0.05, 0.1) is 6.20 Å². The quantitative estimate of drug-likeness (QED) is 0.786. The molecule has 1 aromatic heterocycles. The van der Waals surface area contributed by atoms with Gasteiger partial charge in [0, 0.05) is 24.7 Å². The number of aromatic amines is 1. The summed E-state index contributed by atoms with van der Waals surface area (Å²) >= 11 is 0. The van der Waals surface area contributed by atoms with E-state index < -0.39 is 10.0 Å². The first-order chi connectivity index (χ1) is 7.95. The van der Waals surface area contributed by atoms with Gasteiger partial charge in [-0.15, -0.1) is 0 Å². The molecule has 98 valence electrons. The van der Waals surface area contributed by atoms with Gasteiger partial charge < -0.3 is 5.73 Å². The van der Waals surface area contributed by atoms with Gasteiger partial charge in [0.15, 0.2) is 5.03 Å². The molecule has 0 spiro atoms. The van der Waals surface area contributed by atoms with E-state index in [1.165, 1.54) is 10.5 Å². The Morgan fingerprint density at radius 1 is 1.53 bits per heavy atom. The number of nitrogens with one attached hydrogen (secondary N) is 1. The first-order valence-corrected chi connectivity index (χ1v) is 7.13. The van der Waals surface area contributed by atoms with Crippen LogP contribution in [0.15, 0.2) is 11.2 Å². The van der Waals surface area contributed by atoms with E-state index in [0.717, 1.165) is 6.42 Å². The minimum atomic E-state index is -3.53. The summed E-state index contributed by atoms with van der Waals surface area (Å²) in [5.74, 6) is 0. The summed E-state index contributed by atoms with van der Waals surface area (Å²) in [5.41, 5.74) is 6.02. The van der Waals surface area contributed by atoms with Crippen molar-refractivity contribution in [3.63, 3.8) is 0 Å². The van der Waals surface area contributed by atoms with Gasteiger partial charge >= 0.3 is 0 Å². The van der Waals surface area contributed by atoms with Gasteiger partial charge in [-0.2, -0.15) is 9.40 Å². The number of hydrogen-bond donors (Lipinski definition) is 2. The molecular weight excluding hydrogens is 240 g/mol. The van der Waals surface area contributed by atoms with Crippen LogP contribution < -0.4 is 5.73 Å². The van der Waals surface area contributed by atoms with Crippen LogP contribution in [0.3, 0.4) is 0 Å². The predicted molar refractivity (Wildman–Crippen MR) is 65.8 cm³/mol. The molecule has 0 amide bonds. The van der Waals surface area contributed by atoms with Crippen LogP contribution in [-0.4, -0.2) is 35.5 Å². The highest BCUT2D eigenvalue weighted by Crippen LogP contribution is 2.19. The molecule has 0 saturated carbocycles. The predicted octanol–water partition coefficient (Wildman–Crippen LogP) is 0.678. The van der Waals surface area contributed by atoms with Crippen molar-refractivity contribution in [2.24, 2.45) is 5.73 Å². The molecular formula is C10H20N4O2S. The van der Waals surface area contributed by atoms with Gasteiger partial charge in [-0.1, -0.05) is 6.92 Å². The Labute approximate surface area is 102 Å². The van der Waals surface area contributed by atoms with E-state index in [1.54, 1.807) is 0 Å². The lowest BCUT2D eigenvalue weighted by molar-refractivity contribution is 0.352. The number of H-pyrrole nitrogens is 1. The summed E-state index contributed by atoms with van der Waals surface area (Å²) in [6.45, 7) is 6.30. The molecule has 17 heavy (non-hydrogen) atoms. The van der Waals surface area contributed by atoms with Crippen molar-refractivity contribution in [1.29, 1.82) is 0 Å². The normalized spacial score (nSPS) is 12.6. The molecule has 1 heterocycles. The number of nitrogens with two attached hydrogens (primary N) is 1. The van der Waals surface area contributed by atoms with Crippen molar-refractivity contribution in [2.75, 3.05) is 6.54 Å². The third-order valence-corrected chi connectivity index (χ3v) is 4.58. The Morgan fingerprint density at radius 3 is 2.65 bits per heavy atom. The molecule has 7 heteroatoms. The van der Waals surface area contributed by atoms with Crippen LogP contribution in [0.1, 0.15) is 32.8 Å². The Bertz CT molecular complexity index is 453. The molecule has 0 radical (unpaired) electrons. The second kappa shape index (κ2) is 5.61. The molecule has 0 bridgehead atoms. The summed E-state index contributed by atoms with van der Waals surface area (Å²) in [6, 6.07) is -0.0890. The lowest BCUT2D eigenvalue weighted by Crippen LogP contribution is -2.38. The fraction of sp³-hybridized carbons (Fsp3) is 0.700. The zero-order chi connectivity index (χ0) is 13.1. The van der Waals surface area contributed by atoms with Crippen molar-refractivity contribution >= 4 is 10.0 Å². The Hall–Kier alpha value is -0.920. The van der Waals surface area contributed by atoms with E-state index in [9.17, 15) is 8.42 Å². The number of hydrogen-bond acceptors (Lipinski definition) is 4. The van der Waals surface area contributed by atoms with Gasteiger partial charge in [0.25, 0.3) is 10.0 Å². The average Bonchev–Trinajstić information content (AvgIpc) is 2.73. The lowest BCUT2D eigenvalue weighted by atomic mass is 10.4. The lowest BCUT2D eigenvalue weighted by Gasteiger charge is -2.24. The zero-order valence-electron chi connectivity index (χ0n) is 10.5. The summed E-state index contributed by atoms with van der Waals surface area (Å²) < 4.78 is 26.3. The van der Waals surface area contributed by atoms with Crippen LogP contribution in [-0.2, 0) is 16.6 Å². The molecule has 1 rings (SSSR count). The van der Waals surface area contributed by atoms with Gasteiger partial charge in [-0.05, 0) is 20.3 Å². The van der Waals surface area contributed by atoms with E-state index in [-0.39, 0.29) is 17.6 Å². The van der Waals surface area contributed by atoms with Crippen LogP contribution in [0.5, 0.6) is 0 Å². The smallest absolute Gasteiger partial charge is 0.260 e. The van der Waals surface area contributed by atoms with E-state index in [0.29, 0.717) is 12.1 Å². The fourth-order valence-electron chi connectivity index (χ4n) is 1.66. The van der Waals surface area contributed by atoms with Crippen LogP contribution >= 0.6 is 0 Å². The monoisotopic (exact) mass is 260 g/mol. The maximum atomic E-state index is 12.4. The molecule has 0 aliphatic carbocycles. The molecule has 0 unspecified atom stereocenters. The minimum absolute atomic E-state index is 0.0890. The van der Waals surface area contributed by atoms with Crippen molar-refractivity contribution in [3.8, 4) is 0 Å². The molecule has 3 N–H and O–H groups in total. The van der Waals surface area contributed by atoms with Crippen LogP contribution in [0.25, 0.3) is 0 Å². The van der Waals surface area contributed by atoms with Crippen molar-refractivity contribution in [1.82, 2.24) is 14.5 Å². The zero-order valence-corrected chi connectivity index (χ0v) is 11.3. The van der Waals surface area contributed by atoms with E-state index in [1.807, 2.05) is 20.8 Å². The van der Waals surface area contributed by atoms with Gasteiger partial charge in [0.2, 0.25) is 0 Å². The number of nitrogens with zero attached hydrogens (tertiary/aromatic N) is 2. The number of sulfonamides is 1. The molecule has 6 nitrogen and oxygen atoms in total. The number of rotatable bonds is 6. The second-order valence-electron chi connectivity index (χ2n) is 4.14. The maximum Gasteiger partial charge on any atom is 0.260 e. The third kappa shape index (κ3) is 2.85. The molecule has 0 atom stereocenters. The van der Waals surface area contributed by atoms with Crippen molar-refractivity contribution in [2.45, 2.75) is 44.8 Å². The molecule has 0 aliphatic rings. The standard InChI is InChI=1S/C10H20N4O2S/c1-4-5-14(8(2)3)17(15,16)10-9(6-11)7-12-13-10/h7-8H,4-6,11H2,1-3H3,(H,12,13). The van der Waals surface area contributed by atoms with Crippen LogP contribution in [0.4, 0.5) is 0 Å². The minimum Gasteiger partial charge on any atom is -0.326 e. The molecule has 0 aliphatic heterocycles. The summed E-state index contributed by atoms with van der Waals surface area (Å²) in [5, 5.41) is 6.39. The average molecular weight is 260 g/mol. The Balaban J connectivity index is 3.16. The number of aromatic nitrogens is 2. The SMILES string of the molecule is CCCN(C(C)C)S(=O)(=O)c1[nH]ncc1CN. The van der Waals surface area contributed by atoms with E-state index in [4.69, 9.17) is 5.73 Å². The fourth-order valence-corrected chi connectivity index (χ4v) is 3.51. The summed E-state index contributed by atoms with van der Waals surface area (Å²) in [7, 11) is -3.53. The highest BCUT2D eigenvalue weighted by atomic mass is 32.2. The summed E-state index contributed by atoms with van der Waals surface area (Å²) in [4.78, 5) is 0. The first-order valence-electron chi connectivity index (χ1n) is 5.69. The highest BCUT2D eigenvalue weighted by Gasteiger charge is 2.29. The van der Waals surface area contributed by atoms with Gasteiger partial charge in [-0.3, -0.25) is 5.10 Å². The maximum absolute atomic E-state index is 12.4. The van der Waals surface area contributed by atoms with Crippen LogP contribution in [0.2, 0.25) is 0 Å². The molecule has 0 fully saturated rings. The summed E-state index contributed by atoms with van der Waals surface area (Å²) in [6.07, 6.45) is 2.22. The Kier molecular flexibility index (Phi) is 4.67. The second-order valence-corrected chi connectivity index (χ2v) is 5.97.